The highest BCUT2D eigenvalue weighted by atomic mass is 16.3. The first kappa shape index (κ1) is 18.4. The number of para-hydroxylation sites is 1. The molecule has 3 heterocycles. The van der Waals surface area contributed by atoms with Gasteiger partial charge >= 0.3 is 0 Å². The zero-order valence-corrected chi connectivity index (χ0v) is 16.7. The summed E-state index contributed by atoms with van der Waals surface area (Å²) in [6.45, 7) is 4.11. The minimum atomic E-state index is 0.172. The number of likely N-dealkylation sites (tertiary alicyclic amines) is 1. The van der Waals surface area contributed by atoms with Gasteiger partial charge in [-0.1, -0.05) is 24.3 Å². The lowest BCUT2D eigenvalue weighted by molar-refractivity contribution is 0.167. The van der Waals surface area contributed by atoms with E-state index in [4.69, 9.17) is 0 Å². The minimum absolute atomic E-state index is 0.172. The number of hydrogen-bond acceptors (Lipinski definition) is 3. The molecule has 29 heavy (non-hydrogen) atoms. The Morgan fingerprint density at radius 2 is 2.10 bits per heavy atom. The Kier molecular flexibility index (Phi) is 5.08. The number of nitrogens with zero attached hydrogens (tertiary/aromatic N) is 3. The second kappa shape index (κ2) is 8.01. The van der Waals surface area contributed by atoms with Crippen LogP contribution in [0, 0.1) is 5.92 Å². The van der Waals surface area contributed by atoms with E-state index in [0.717, 1.165) is 31.6 Å². The average Bonchev–Trinajstić information content (AvgIpc) is 3.34. The van der Waals surface area contributed by atoms with E-state index < -0.39 is 0 Å². The first-order valence-electron chi connectivity index (χ1n) is 10.6. The number of nitrogens with one attached hydrogen (secondary N) is 1. The third kappa shape index (κ3) is 3.80. The summed E-state index contributed by atoms with van der Waals surface area (Å²) in [4.78, 5) is 2.61. The van der Waals surface area contributed by atoms with Gasteiger partial charge in [-0.15, -0.1) is 0 Å². The van der Waals surface area contributed by atoms with E-state index in [1.807, 2.05) is 6.20 Å². The van der Waals surface area contributed by atoms with E-state index in [-0.39, 0.29) is 6.61 Å². The van der Waals surface area contributed by atoms with Gasteiger partial charge in [0.2, 0.25) is 0 Å². The summed E-state index contributed by atoms with van der Waals surface area (Å²) < 4.78 is 2.19. The normalized spacial score (nSPS) is 18.0. The van der Waals surface area contributed by atoms with Gasteiger partial charge in [-0.25, -0.2) is 0 Å². The van der Waals surface area contributed by atoms with Crippen LogP contribution in [0.3, 0.4) is 0 Å². The predicted octanol–water partition coefficient (Wildman–Crippen LogP) is 3.96. The maximum absolute atomic E-state index is 9.40. The summed E-state index contributed by atoms with van der Waals surface area (Å²) in [6, 6.07) is 15.2. The first-order valence-corrected chi connectivity index (χ1v) is 10.6. The van der Waals surface area contributed by atoms with Crippen LogP contribution in [0.25, 0.3) is 21.8 Å². The minimum Gasteiger partial charge on any atom is -0.395 e. The second-order valence-electron chi connectivity index (χ2n) is 8.33. The molecule has 0 amide bonds. The van der Waals surface area contributed by atoms with E-state index in [9.17, 15) is 5.11 Å². The molecule has 2 aromatic heterocycles. The maximum atomic E-state index is 9.40. The third-order valence-corrected chi connectivity index (χ3v) is 6.24. The van der Waals surface area contributed by atoms with Crippen LogP contribution in [0.2, 0.25) is 0 Å². The molecule has 1 saturated heterocycles. The summed E-state index contributed by atoms with van der Waals surface area (Å²) in [5.41, 5.74) is 5.11. The lowest BCUT2D eigenvalue weighted by Gasteiger charge is -2.32. The molecule has 4 aromatic rings. The number of aliphatic hydroxyl groups excluding tert-OH is 1. The highest BCUT2D eigenvalue weighted by Crippen LogP contribution is 2.27. The predicted molar refractivity (Wildman–Crippen MR) is 117 cm³/mol. The van der Waals surface area contributed by atoms with Crippen molar-refractivity contribution in [2.24, 2.45) is 5.92 Å². The van der Waals surface area contributed by atoms with Crippen LogP contribution in [-0.4, -0.2) is 44.5 Å². The van der Waals surface area contributed by atoms with Crippen LogP contribution in [0.5, 0.6) is 0 Å². The van der Waals surface area contributed by atoms with Crippen molar-refractivity contribution in [3.05, 3.63) is 66.0 Å². The number of H-pyrrole nitrogens is 1. The van der Waals surface area contributed by atoms with Crippen LogP contribution >= 0.6 is 0 Å². The largest absolute Gasteiger partial charge is 0.395 e. The van der Waals surface area contributed by atoms with Crippen LogP contribution in [0.1, 0.15) is 24.0 Å². The Morgan fingerprint density at radius 1 is 1.17 bits per heavy atom. The maximum Gasteiger partial charge on any atom is 0.0650 e. The van der Waals surface area contributed by atoms with Gasteiger partial charge in [0.05, 0.1) is 18.3 Å². The topological polar surface area (TPSA) is 57.1 Å². The number of rotatable bonds is 6. The summed E-state index contributed by atoms with van der Waals surface area (Å²) >= 11 is 0. The molecule has 5 rings (SSSR count). The number of aliphatic hydroxyl groups is 1. The molecule has 0 aliphatic carbocycles. The molecule has 1 aliphatic heterocycles. The second-order valence-corrected chi connectivity index (χ2v) is 8.33. The fourth-order valence-electron chi connectivity index (χ4n) is 4.90. The summed E-state index contributed by atoms with van der Waals surface area (Å²) in [5.74, 6) is 0.693. The van der Waals surface area contributed by atoms with Gasteiger partial charge in [0.1, 0.15) is 0 Å². The van der Waals surface area contributed by atoms with Gasteiger partial charge in [-0.2, -0.15) is 5.10 Å². The number of aromatic amines is 1. The fourth-order valence-corrected chi connectivity index (χ4v) is 4.90. The van der Waals surface area contributed by atoms with Crippen molar-refractivity contribution < 1.29 is 5.11 Å². The molecule has 0 unspecified atom stereocenters. The standard InChI is InChI=1S/C24H28N4O/c29-11-10-28-17-21(22-5-1-2-6-24(22)28)16-27-9-3-4-19(15-27)12-18-7-8-23-20(13-18)14-25-26-23/h1-2,5-8,13-14,17,19,29H,3-4,9-12,15-16H2,(H,25,26)/t19-/m0/s1. The molecule has 150 valence electrons. The van der Waals surface area contributed by atoms with Crippen LogP contribution in [-0.2, 0) is 19.5 Å². The van der Waals surface area contributed by atoms with E-state index in [2.05, 4.69) is 68.3 Å². The Bertz CT molecular complexity index is 1110. The van der Waals surface area contributed by atoms with Crippen molar-refractivity contribution in [1.82, 2.24) is 19.7 Å². The molecule has 5 nitrogen and oxygen atoms in total. The Hall–Kier alpha value is -2.63. The molecule has 0 saturated carbocycles. The molecule has 0 spiro atoms. The number of fused-ring (bicyclic) bond motifs is 2. The molecule has 1 atom stereocenters. The van der Waals surface area contributed by atoms with Gasteiger partial charge in [0, 0.05) is 42.1 Å². The summed E-state index contributed by atoms with van der Waals surface area (Å²) in [6.07, 6.45) is 7.83. The van der Waals surface area contributed by atoms with Crippen LogP contribution in [0.4, 0.5) is 0 Å². The fraction of sp³-hybridized carbons (Fsp3) is 0.375. The molecule has 2 aromatic carbocycles. The number of piperidine rings is 1. The lowest BCUT2D eigenvalue weighted by atomic mass is 9.90. The zero-order valence-electron chi connectivity index (χ0n) is 16.7. The van der Waals surface area contributed by atoms with Gasteiger partial charge in [-0.3, -0.25) is 10.00 Å². The molecule has 0 radical (unpaired) electrons. The number of hydrogen-bond donors (Lipinski definition) is 2. The molecular weight excluding hydrogens is 360 g/mol. The van der Waals surface area contributed by atoms with Gasteiger partial charge in [0.25, 0.3) is 0 Å². The average molecular weight is 389 g/mol. The van der Waals surface area contributed by atoms with Crippen molar-refractivity contribution in [1.29, 1.82) is 0 Å². The quantitative estimate of drug-likeness (QED) is 0.526. The van der Waals surface area contributed by atoms with Crippen LogP contribution in [0.15, 0.2) is 54.9 Å². The zero-order chi connectivity index (χ0) is 19.6. The Labute approximate surface area is 171 Å². The van der Waals surface area contributed by atoms with Gasteiger partial charge in [0.15, 0.2) is 0 Å². The first-order chi connectivity index (χ1) is 14.3. The van der Waals surface area contributed by atoms with E-state index in [0.29, 0.717) is 12.5 Å². The molecule has 2 N–H and O–H groups in total. The molecular formula is C24H28N4O. The van der Waals surface area contributed by atoms with E-state index in [1.165, 1.54) is 40.3 Å². The molecule has 5 heteroatoms. The summed E-state index contributed by atoms with van der Waals surface area (Å²) in [7, 11) is 0. The van der Waals surface area contributed by atoms with Crippen molar-refractivity contribution >= 4 is 21.8 Å². The smallest absolute Gasteiger partial charge is 0.0650 e. The van der Waals surface area contributed by atoms with E-state index in [1.54, 1.807) is 0 Å². The number of benzene rings is 2. The van der Waals surface area contributed by atoms with Crippen molar-refractivity contribution in [3.8, 4) is 0 Å². The molecule has 0 bridgehead atoms. The third-order valence-electron chi connectivity index (χ3n) is 6.24. The number of aromatic nitrogens is 3. The van der Waals surface area contributed by atoms with Crippen LogP contribution < -0.4 is 0 Å². The van der Waals surface area contributed by atoms with Gasteiger partial charge in [-0.05, 0) is 61.1 Å². The van der Waals surface area contributed by atoms with Crippen molar-refractivity contribution in [2.45, 2.75) is 32.4 Å². The molecule has 1 aliphatic rings. The molecule has 1 fully saturated rings. The van der Waals surface area contributed by atoms with E-state index >= 15 is 0 Å². The monoisotopic (exact) mass is 388 g/mol. The SMILES string of the molecule is OCCn1cc(CN2CCC[C@@H](Cc3ccc4[nH]ncc4c3)C2)c2ccccc21. The van der Waals surface area contributed by atoms with Gasteiger partial charge < -0.3 is 9.67 Å². The van der Waals surface area contributed by atoms with Crippen molar-refractivity contribution in [3.63, 3.8) is 0 Å². The Morgan fingerprint density at radius 3 is 3.03 bits per heavy atom. The highest BCUT2D eigenvalue weighted by molar-refractivity contribution is 5.84. The van der Waals surface area contributed by atoms with Crippen molar-refractivity contribution in [2.75, 3.05) is 19.7 Å². The lowest BCUT2D eigenvalue weighted by Crippen LogP contribution is -2.35. The highest BCUT2D eigenvalue weighted by Gasteiger charge is 2.21. The Balaban J connectivity index is 1.30. The summed E-state index contributed by atoms with van der Waals surface area (Å²) in [5, 5.41) is 19.1.